The van der Waals surface area contributed by atoms with Gasteiger partial charge >= 0.3 is 0 Å². The number of phenols is 1. The zero-order valence-corrected chi connectivity index (χ0v) is 11.4. The van der Waals surface area contributed by atoms with Crippen LogP contribution in [0, 0.1) is 3.57 Å². The monoisotopic (exact) mass is 347 g/mol. The number of nitrogens with zero attached hydrogens (tertiary/aromatic N) is 1. The molecule has 1 amide bonds. The highest BCUT2D eigenvalue weighted by Crippen LogP contribution is 2.21. The van der Waals surface area contributed by atoms with Gasteiger partial charge in [-0.15, -0.1) is 6.58 Å². The number of benzene rings is 1. The van der Waals surface area contributed by atoms with E-state index in [1.807, 2.05) is 0 Å². The first kappa shape index (κ1) is 14.0. The number of hydrogen-bond donors (Lipinski definition) is 2. The fourth-order valence-electron chi connectivity index (χ4n) is 1.40. The van der Waals surface area contributed by atoms with Crippen molar-refractivity contribution in [2.24, 2.45) is 0 Å². The van der Waals surface area contributed by atoms with E-state index in [1.54, 1.807) is 18.2 Å². The number of aliphatic hydroxyl groups is 1. The van der Waals surface area contributed by atoms with Crippen molar-refractivity contribution in [1.29, 1.82) is 0 Å². The van der Waals surface area contributed by atoms with E-state index in [4.69, 9.17) is 5.11 Å². The Morgan fingerprint density at radius 1 is 1.53 bits per heavy atom. The van der Waals surface area contributed by atoms with Crippen LogP contribution < -0.4 is 0 Å². The minimum absolute atomic E-state index is 0.0533. The summed E-state index contributed by atoms with van der Waals surface area (Å²) < 4.78 is 0.867. The van der Waals surface area contributed by atoms with Crippen LogP contribution in [0.3, 0.4) is 0 Å². The summed E-state index contributed by atoms with van der Waals surface area (Å²) in [6.07, 6.45) is 1.58. The molecule has 0 fully saturated rings. The Morgan fingerprint density at radius 3 is 2.82 bits per heavy atom. The van der Waals surface area contributed by atoms with Gasteiger partial charge in [-0.25, -0.2) is 0 Å². The van der Waals surface area contributed by atoms with Crippen LogP contribution in [0.2, 0.25) is 0 Å². The van der Waals surface area contributed by atoms with Gasteiger partial charge in [-0.1, -0.05) is 6.08 Å². The van der Waals surface area contributed by atoms with Crippen LogP contribution >= 0.6 is 22.6 Å². The van der Waals surface area contributed by atoms with Crippen molar-refractivity contribution in [3.63, 3.8) is 0 Å². The van der Waals surface area contributed by atoms with E-state index in [-0.39, 0.29) is 30.4 Å². The highest BCUT2D eigenvalue weighted by atomic mass is 127. The van der Waals surface area contributed by atoms with Crippen molar-refractivity contribution in [2.75, 3.05) is 19.7 Å². The van der Waals surface area contributed by atoms with Crippen LogP contribution in [0.1, 0.15) is 10.4 Å². The maximum absolute atomic E-state index is 12.1. The standard InChI is InChI=1S/C12H14INO3/c1-2-5-14(6-7-15)12(17)10-8-9(13)3-4-11(10)16/h2-4,8,15-16H,1,5-7H2. The zero-order valence-electron chi connectivity index (χ0n) is 9.27. The van der Waals surface area contributed by atoms with Gasteiger partial charge in [0, 0.05) is 16.7 Å². The number of carbonyl (C=O) groups excluding carboxylic acids is 1. The largest absolute Gasteiger partial charge is 0.507 e. The highest BCUT2D eigenvalue weighted by molar-refractivity contribution is 14.1. The van der Waals surface area contributed by atoms with Crippen molar-refractivity contribution in [2.45, 2.75) is 0 Å². The van der Waals surface area contributed by atoms with Gasteiger partial charge in [0.25, 0.3) is 5.91 Å². The summed E-state index contributed by atoms with van der Waals surface area (Å²) in [7, 11) is 0. The molecule has 1 rings (SSSR count). The van der Waals surface area contributed by atoms with Crippen molar-refractivity contribution < 1.29 is 15.0 Å². The molecule has 0 heterocycles. The lowest BCUT2D eigenvalue weighted by molar-refractivity contribution is 0.0739. The topological polar surface area (TPSA) is 60.8 Å². The molecule has 0 aliphatic carbocycles. The van der Waals surface area contributed by atoms with E-state index < -0.39 is 0 Å². The second-order valence-electron chi connectivity index (χ2n) is 3.42. The Morgan fingerprint density at radius 2 is 2.24 bits per heavy atom. The van der Waals surface area contributed by atoms with Gasteiger partial charge in [0.1, 0.15) is 5.75 Å². The van der Waals surface area contributed by atoms with Gasteiger partial charge in [-0.05, 0) is 40.8 Å². The first-order valence-corrected chi connectivity index (χ1v) is 6.17. The van der Waals surface area contributed by atoms with E-state index in [1.165, 1.54) is 11.0 Å². The lowest BCUT2D eigenvalue weighted by Gasteiger charge is -2.20. The molecule has 0 radical (unpaired) electrons. The molecule has 17 heavy (non-hydrogen) atoms. The summed E-state index contributed by atoms with van der Waals surface area (Å²) >= 11 is 2.07. The summed E-state index contributed by atoms with van der Waals surface area (Å²) in [5, 5.41) is 18.5. The lowest BCUT2D eigenvalue weighted by Crippen LogP contribution is -2.33. The van der Waals surface area contributed by atoms with Crippen LogP contribution in [0.15, 0.2) is 30.9 Å². The van der Waals surface area contributed by atoms with Crippen molar-refractivity contribution >= 4 is 28.5 Å². The molecule has 0 unspecified atom stereocenters. The first-order valence-electron chi connectivity index (χ1n) is 5.09. The molecule has 1 aromatic carbocycles. The second kappa shape index (κ2) is 6.61. The maximum Gasteiger partial charge on any atom is 0.258 e. The van der Waals surface area contributed by atoms with Crippen molar-refractivity contribution in [1.82, 2.24) is 4.90 Å². The fraction of sp³-hybridized carbons (Fsp3) is 0.250. The molecule has 0 atom stereocenters. The van der Waals surface area contributed by atoms with E-state index in [2.05, 4.69) is 29.2 Å². The molecule has 0 saturated carbocycles. The van der Waals surface area contributed by atoms with Crippen molar-refractivity contribution in [3.8, 4) is 5.75 Å². The Kier molecular flexibility index (Phi) is 5.43. The number of carbonyl (C=O) groups is 1. The molecule has 0 bridgehead atoms. The molecule has 0 spiro atoms. The molecular weight excluding hydrogens is 333 g/mol. The SMILES string of the molecule is C=CCN(CCO)C(=O)c1cc(I)ccc1O. The molecule has 1 aromatic rings. The highest BCUT2D eigenvalue weighted by Gasteiger charge is 2.17. The summed E-state index contributed by atoms with van der Waals surface area (Å²) in [5.41, 5.74) is 0.243. The average molecular weight is 347 g/mol. The smallest absolute Gasteiger partial charge is 0.258 e. The van der Waals surface area contributed by atoms with Gasteiger partial charge in [-0.2, -0.15) is 0 Å². The molecule has 0 aliphatic rings. The Bertz CT molecular complexity index is 420. The molecule has 0 aliphatic heterocycles. The van der Waals surface area contributed by atoms with Crippen LogP contribution in [0.25, 0.3) is 0 Å². The fourth-order valence-corrected chi connectivity index (χ4v) is 1.89. The number of rotatable bonds is 5. The van der Waals surface area contributed by atoms with E-state index in [0.717, 1.165) is 3.57 Å². The third-order valence-corrected chi connectivity index (χ3v) is 2.87. The summed E-state index contributed by atoms with van der Waals surface area (Å²) in [6.45, 7) is 3.99. The van der Waals surface area contributed by atoms with E-state index in [9.17, 15) is 9.90 Å². The summed E-state index contributed by atoms with van der Waals surface area (Å²) in [6, 6.07) is 4.82. The van der Waals surface area contributed by atoms with E-state index in [0.29, 0.717) is 6.54 Å². The number of amides is 1. The normalized spacial score (nSPS) is 10.0. The number of halogens is 1. The minimum atomic E-state index is -0.310. The third kappa shape index (κ3) is 3.71. The number of aromatic hydroxyl groups is 1. The van der Waals surface area contributed by atoms with Gasteiger partial charge in [0.05, 0.1) is 12.2 Å². The Hall–Kier alpha value is -1.08. The van der Waals surface area contributed by atoms with Crippen molar-refractivity contribution in [3.05, 3.63) is 40.0 Å². The summed E-state index contributed by atoms with van der Waals surface area (Å²) in [4.78, 5) is 13.5. The maximum atomic E-state index is 12.1. The van der Waals surface area contributed by atoms with Crippen LogP contribution in [-0.2, 0) is 0 Å². The van der Waals surface area contributed by atoms with Crippen LogP contribution in [0.4, 0.5) is 0 Å². The lowest BCUT2D eigenvalue weighted by atomic mass is 10.1. The van der Waals surface area contributed by atoms with E-state index >= 15 is 0 Å². The minimum Gasteiger partial charge on any atom is -0.507 e. The molecule has 0 saturated heterocycles. The average Bonchev–Trinajstić information content (AvgIpc) is 2.31. The third-order valence-electron chi connectivity index (χ3n) is 2.20. The number of phenolic OH excluding ortho intramolecular Hbond substituents is 1. The van der Waals surface area contributed by atoms with Gasteiger partial charge in [0.2, 0.25) is 0 Å². The molecule has 5 heteroatoms. The first-order chi connectivity index (χ1) is 8.10. The quantitative estimate of drug-likeness (QED) is 0.629. The Balaban J connectivity index is 2.99. The second-order valence-corrected chi connectivity index (χ2v) is 4.67. The van der Waals surface area contributed by atoms with Crippen LogP contribution in [0.5, 0.6) is 5.75 Å². The predicted octanol–water partition coefficient (Wildman–Crippen LogP) is 1.62. The molecule has 4 nitrogen and oxygen atoms in total. The van der Waals surface area contributed by atoms with Gasteiger partial charge < -0.3 is 15.1 Å². The Labute approximate surface area is 114 Å². The number of aliphatic hydroxyl groups excluding tert-OH is 1. The number of hydrogen-bond acceptors (Lipinski definition) is 3. The molecular formula is C12H14INO3. The zero-order chi connectivity index (χ0) is 12.8. The molecule has 0 aromatic heterocycles. The van der Waals surface area contributed by atoms with Crippen LogP contribution in [-0.4, -0.2) is 40.7 Å². The summed E-state index contributed by atoms with van der Waals surface area (Å²) in [5.74, 6) is -0.364. The van der Waals surface area contributed by atoms with Gasteiger partial charge in [-0.3, -0.25) is 4.79 Å². The predicted molar refractivity (Wildman–Crippen MR) is 74.0 cm³/mol. The molecule has 2 N–H and O–H groups in total. The molecule has 92 valence electrons. The van der Waals surface area contributed by atoms with Gasteiger partial charge in [0.15, 0.2) is 0 Å².